The number of rotatable bonds is 7. The number of aryl methyl sites for hydroxylation is 1. The van der Waals surface area contributed by atoms with Gasteiger partial charge in [-0.25, -0.2) is 9.67 Å². The van der Waals surface area contributed by atoms with Gasteiger partial charge in [-0.1, -0.05) is 11.2 Å². The second-order valence-electron chi connectivity index (χ2n) is 7.00. The molecule has 0 aliphatic heterocycles. The second-order valence-corrected chi connectivity index (χ2v) is 8.95. The van der Waals surface area contributed by atoms with Crippen molar-refractivity contribution in [2.75, 3.05) is 6.54 Å². The van der Waals surface area contributed by atoms with Crippen LogP contribution in [0.15, 0.2) is 67.8 Å². The molecule has 0 aliphatic carbocycles. The Morgan fingerprint density at radius 2 is 2.09 bits per heavy atom. The molecule has 0 bridgehead atoms. The van der Waals surface area contributed by atoms with E-state index in [4.69, 9.17) is 8.94 Å². The molecule has 5 aromatic rings. The zero-order valence-corrected chi connectivity index (χ0v) is 19.0. The van der Waals surface area contributed by atoms with Gasteiger partial charge in [0.25, 0.3) is 11.5 Å². The Kier molecular flexibility index (Phi) is 5.71. The van der Waals surface area contributed by atoms with Crippen molar-refractivity contribution in [1.82, 2.24) is 25.2 Å². The van der Waals surface area contributed by atoms with Gasteiger partial charge in [0.2, 0.25) is 5.76 Å². The molecule has 0 aliphatic rings. The molecule has 5 rings (SSSR count). The first-order valence-corrected chi connectivity index (χ1v) is 11.7. The first-order chi connectivity index (χ1) is 16.1. The molecule has 0 saturated carbocycles. The van der Waals surface area contributed by atoms with Crippen LogP contribution >= 0.6 is 22.7 Å². The lowest BCUT2D eigenvalue weighted by molar-refractivity contribution is 0.0942. The van der Waals surface area contributed by atoms with Crippen LogP contribution in [0.1, 0.15) is 16.2 Å². The minimum atomic E-state index is -0.417. The zero-order chi connectivity index (χ0) is 22.8. The van der Waals surface area contributed by atoms with Crippen LogP contribution in [0.4, 0.5) is 0 Å². The molecule has 166 valence electrons. The van der Waals surface area contributed by atoms with Crippen molar-refractivity contribution in [3.8, 4) is 32.0 Å². The molecule has 0 unspecified atom stereocenters. The molecule has 11 heteroatoms. The summed E-state index contributed by atoms with van der Waals surface area (Å²) in [6.45, 7) is 2.33. The number of carbonyl (C=O) groups excluding carboxylic acids is 1. The molecule has 0 atom stereocenters. The predicted molar refractivity (Wildman–Crippen MR) is 124 cm³/mol. The molecule has 0 saturated heterocycles. The molecule has 0 radical (unpaired) electrons. The van der Waals surface area contributed by atoms with E-state index < -0.39 is 5.91 Å². The maximum absolute atomic E-state index is 12.4. The fraction of sp³-hybridized carbons (Fsp3) is 0.136. The third kappa shape index (κ3) is 4.41. The summed E-state index contributed by atoms with van der Waals surface area (Å²) in [4.78, 5) is 31.3. The van der Waals surface area contributed by atoms with Crippen LogP contribution in [0, 0.1) is 6.92 Å². The largest absolute Gasteiger partial charge is 0.461 e. The SMILES string of the molecule is Cc1nc(-c2cccs2)sc1-c1ccc(=O)n(CCNC(=O)c2cc(-c3ccco3)on2)n1. The van der Waals surface area contributed by atoms with E-state index in [-0.39, 0.29) is 24.3 Å². The minimum Gasteiger partial charge on any atom is -0.461 e. The second kappa shape index (κ2) is 8.96. The number of carbonyl (C=O) groups is 1. The van der Waals surface area contributed by atoms with E-state index >= 15 is 0 Å². The van der Waals surface area contributed by atoms with Crippen LogP contribution in [0.25, 0.3) is 32.0 Å². The standard InChI is InChI=1S/C22H17N5O4S2/c1-13-20(33-22(24-13)18-5-3-11-32-18)14-6-7-19(28)27(25-14)9-8-23-21(29)15-12-17(31-26-15)16-4-2-10-30-16/h2-7,10-12H,8-9H2,1H3,(H,23,29). The summed E-state index contributed by atoms with van der Waals surface area (Å²) < 4.78 is 11.7. The topological polar surface area (TPSA) is 116 Å². The van der Waals surface area contributed by atoms with Crippen LogP contribution < -0.4 is 10.9 Å². The number of hydrogen-bond acceptors (Lipinski definition) is 9. The average molecular weight is 480 g/mol. The van der Waals surface area contributed by atoms with Crippen molar-refractivity contribution in [2.45, 2.75) is 13.5 Å². The molecular weight excluding hydrogens is 462 g/mol. The van der Waals surface area contributed by atoms with E-state index in [0.29, 0.717) is 17.2 Å². The molecule has 1 amide bonds. The van der Waals surface area contributed by atoms with E-state index in [2.05, 4.69) is 20.6 Å². The summed E-state index contributed by atoms with van der Waals surface area (Å²) in [5.74, 6) is 0.423. The van der Waals surface area contributed by atoms with Gasteiger partial charge in [0, 0.05) is 18.7 Å². The lowest BCUT2D eigenvalue weighted by Gasteiger charge is -2.07. The van der Waals surface area contributed by atoms with Crippen LogP contribution in [0.5, 0.6) is 0 Å². The van der Waals surface area contributed by atoms with E-state index in [1.807, 2.05) is 24.4 Å². The maximum atomic E-state index is 12.4. The highest BCUT2D eigenvalue weighted by Crippen LogP contribution is 2.35. The number of amides is 1. The van der Waals surface area contributed by atoms with Crippen molar-refractivity contribution in [2.24, 2.45) is 0 Å². The minimum absolute atomic E-state index is 0.122. The Morgan fingerprint density at radius 3 is 2.88 bits per heavy atom. The smallest absolute Gasteiger partial charge is 0.273 e. The first-order valence-electron chi connectivity index (χ1n) is 9.97. The van der Waals surface area contributed by atoms with Crippen molar-refractivity contribution in [1.29, 1.82) is 0 Å². The third-order valence-electron chi connectivity index (χ3n) is 4.74. The van der Waals surface area contributed by atoms with Crippen LogP contribution in [-0.2, 0) is 6.54 Å². The van der Waals surface area contributed by atoms with Gasteiger partial charge in [0.15, 0.2) is 11.5 Å². The van der Waals surface area contributed by atoms with Crippen LogP contribution in [-0.4, -0.2) is 32.4 Å². The Hall–Kier alpha value is -3.83. The first kappa shape index (κ1) is 21.0. The molecule has 33 heavy (non-hydrogen) atoms. The number of thiazole rings is 1. The molecule has 5 heterocycles. The average Bonchev–Trinajstić information content (AvgIpc) is 3.61. The summed E-state index contributed by atoms with van der Waals surface area (Å²) in [5, 5.41) is 13.9. The highest BCUT2D eigenvalue weighted by atomic mass is 32.1. The normalized spacial score (nSPS) is 11.1. The summed E-state index contributed by atoms with van der Waals surface area (Å²) in [7, 11) is 0. The molecule has 0 aromatic carbocycles. The highest BCUT2D eigenvalue weighted by Gasteiger charge is 2.16. The Morgan fingerprint density at radius 1 is 1.18 bits per heavy atom. The van der Waals surface area contributed by atoms with Gasteiger partial charge in [-0.05, 0) is 36.6 Å². The summed E-state index contributed by atoms with van der Waals surface area (Å²) >= 11 is 3.16. The maximum Gasteiger partial charge on any atom is 0.273 e. The number of aromatic nitrogens is 4. The predicted octanol–water partition coefficient (Wildman–Crippen LogP) is 4.08. The quantitative estimate of drug-likeness (QED) is 0.374. The van der Waals surface area contributed by atoms with E-state index in [1.165, 1.54) is 34.4 Å². The highest BCUT2D eigenvalue weighted by molar-refractivity contribution is 7.23. The van der Waals surface area contributed by atoms with Crippen molar-refractivity contribution >= 4 is 28.6 Å². The van der Waals surface area contributed by atoms with Gasteiger partial charge in [-0.2, -0.15) is 5.10 Å². The van der Waals surface area contributed by atoms with Gasteiger partial charge < -0.3 is 14.3 Å². The monoisotopic (exact) mass is 479 g/mol. The van der Waals surface area contributed by atoms with Crippen molar-refractivity contribution < 1.29 is 13.7 Å². The van der Waals surface area contributed by atoms with Crippen LogP contribution in [0.2, 0.25) is 0 Å². The third-order valence-corrected chi connectivity index (χ3v) is 6.96. The fourth-order valence-electron chi connectivity index (χ4n) is 3.15. The lowest BCUT2D eigenvalue weighted by Crippen LogP contribution is -2.32. The molecule has 5 aromatic heterocycles. The summed E-state index contributed by atoms with van der Waals surface area (Å²) in [6.07, 6.45) is 1.51. The number of furan rings is 1. The molecule has 1 N–H and O–H groups in total. The van der Waals surface area contributed by atoms with Gasteiger partial charge in [-0.3, -0.25) is 9.59 Å². The van der Waals surface area contributed by atoms with Gasteiger partial charge >= 0.3 is 0 Å². The van der Waals surface area contributed by atoms with Gasteiger partial charge in [-0.15, -0.1) is 22.7 Å². The number of thiophene rings is 1. The fourth-order valence-corrected chi connectivity index (χ4v) is 4.98. The number of nitrogens with one attached hydrogen (secondary N) is 1. The van der Waals surface area contributed by atoms with Crippen molar-refractivity contribution in [3.63, 3.8) is 0 Å². The molecule has 9 nitrogen and oxygen atoms in total. The zero-order valence-electron chi connectivity index (χ0n) is 17.3. The summed E-state index contributed by atoms with van der Waals surface area (Å²) in [6, 6.07) is 12.1. The Labute approximate surface area is 195 Å². The molecular formula is C22H17N5O4S2. The number of nitrogens with zero attached hydrogens (tertiary/aromatic N) is 4. The van der Waals surface area contributed by atoms with Crippen LogP contribution in [0.3, 0.4) is 0 Å². The molecule has 0 fully saturated rings. The lowest BCUT2D eigenvalue weighted by atomic mass is 10.3. The Balaban J connectivity index is 1.27. The number of hydrogen-bond donors (Lipinski definition) is 1. The van der Waals surface area contributed by atoms with E-state index in [0.717, 1.165) is 20.5 Å². The van der Waals surface area contributed by atoms with Gasteiger partial charge in [0.05, 0.1) is 28.3 Å². The van der Waals surface area contributed by atoms with E-state index in [1.54, 1.807) is 29.5 Å². The Bertz CT molecular complexity index is 1450. The van der Waals surface area contributed by atoms with Gasteiger partial charge in [0.1, 0.15) is 10.7 Å². The van der Waals surface area contributed by atoms with E-state index in [9.17, 15) is 9.59 Å². The van der Waals surface area contributed by atoms with Crippen molar-refractivity contribution in [3.05, 3.63) is 75.8 Å². The molecule has 0 spiro atoms. The summed E-state index contributed by atoms with van der Waals surface area (Å²) in [5.41, 5.74) is 1.39.